The molecule has 5 nitrogen and oxygen atoms in total. The van der Waals surface area contributed by atoms with Gasteiger partial charge in [0.05, 0.1) is 16.8 Å². The van der Waals surface area contributed by atoms with Crippen LogP contribution in [0.25, 0.3) is 0 Å². The standard InChI is InChI=1S/C13H16ClFN2O3S/c1-21(19,20)16-9-4-3-7-17(8-9)13(18)12-10(14)5-2-6-11(12)15/h2,5-6,9,16H,3-4,7-8H2,1H3/t9-/m0/s1. The van der Waals surface area contributed by atoms with Crippen molar-refractivity contribution in [3.63, 3.8) is 0 Å². The highest BCUT2D eigenvalue weighted by atomic mass is 35.5. The highest BCUT2D eigenvalue weighted by Crippen LogP contribution is 2.22. The molecule has 1 heterocycles. The van der Waals surface area contributed by atoms with Gasteiger partial charge in [-0.05, 0) is 25.0 Å². The number of likely N-dealkylation sites (tertiary alicyclic amines) is 1. The number of piperidine rings is 1. The molecule has 1 fully saturated rings. The average molecular weight is 335 g/mol. The molecule has 8 heteroatoms. The summed E-state index contributed by atoms with van der Waals surface area (Å²) in [5.41, 5.74) is -0.167. The molecule has 1 N–H and O–H groups in total. The number of sulfonamides is 1. The van der Waals surface area contributed by atoms with Crippen molar-refractivity contribution in [2.75, 3.05) is 19.3 Å². The molecular weight excluding hydrogens is 319 g/mol. The number of amides is 1. The van der Waals surface area contributed by atoms with E-state index in [4.69, 9.17) is 11.6 Å². The number of nitrogens with zero attached hydrogens (tertiary/aromatic N) is 1. The normalized spacial score (nSPS) is 19.6. The van der Waals surface area contributed by atoms with Gasteiger partial charge in [-0.1, -0.05) is 17.7 Å². The first-order valence-corrected chi connectivity index (χ1v) is 8.75. The Balaban J connectivity index is 2.16. The Kier molecular flexibility index (Phi) is 4.85. The summed E-state index contributed by atoms with van der Waals surface area (Å²) < 4.78 is 38.8. The fraction of sp³-hybridized carbons (Fsp3) is 0.462. The van der Waals surface area contributed by atoms with Gasteiger partial charge in [-0.25, -0.2) is 17.5 Å². The van der Waals surface area contributed by atoms with Crippen LogP contribution in [0.4, 0.5) is 4.39 Å². The second-order valence-electron chi connectivity index (χ2n) is 5.08. The van der Waals surface area contributed by atoms with Gasteiger partial charge in [0.15, 0.2) is 0 Å². The van der Waals surface area contributed by atoms with Crippen LogP contribution in [0, 0.1) is 5.82 Å². The van der Waals surface area contributed by atoms with Crippen LogP contribution in [0.2, 0.25) is 5.02 Å². The third-order valence-electron chi connectivity index (χ3n) is 3.27. The monoisotopic (exact) mass is 334 g/mol. The number of halogens is 2. The number of rotatable bonds is 3. The van der Waals surface area contributed by atoms with Crippen LogP contribution < -0.4 is 4.72 Å². The van der Waals surface area contributed by atoms with Crippen molar-refractivity contribution < 1.29 is 17.6 Å². The molecule has 0 bridgehead atoms. The molecule has 21 heavy (non-hydrogen) atoms. The van der Waals surface area contributed by atoms with E-state index >= 15 is 0 Å². The first-order valence-electron chi connectivity index (χ1n) is 6.48. The molecule has 0 aliphatic carbocycles. The van der Waals surface area contributed by atoms with Gasteiger partial charge in [-0.3, -0.25) is 4.79 Å². The Labute approximate surface area is 128 Å². The summed E-state index contributed by atoms with van der Waals surface area (Å²) in [6, 6.07) is 3.70. The number of benzene rings is 1. The second-order valence-corrected chi connectivity index (χ2v) is 7.26. The first kappa shape index (κ1) is 16.2. The summed E-state index contributed by atoms with van der Waals surface area (Å²) >= 11 is 5.89. The molecule has 0 aromatic heterocycles. The van der Waals surface area contributed by atoms with Gasteiger partial charge < -0.3 is 4.90 Å². The van der Waals surface area contributed by atoms with Crippen LogP contribution in [0.5, 0.6) is 0 Å². The van der Waals surface area contributed by atoms with Crippen molar-refractivity contribution in [1.82, 2.24) is 9.62 Å². The zero-order valence-corrected chi connectivity index (χ0v) is 13.0. The summed E-state index contributed by atoms with van der Waals surface area (Å²) in [5.74, 6) is -1.19. The Morgan fingerprint density at radius 1 is 1.48 bits per heavy atom. The van der Waals surface area contributed by atoms with Crippen LogP contribution in [-0.2, 0) is 10.0 Å². The largest absolute Gasteiger partial charge is 0.337 e. The molecule has 2 rings (SSSR count). The van der Waals surface area contributed by atoms with E-state index in [1.807, 2.05) is 0 Å². The summed E-state index contributed by atoms with van der Waals surface area (Å²) in [7, 11) is -3.34. The van der Waals surface area contributed by atoms with Crippen molar-refractivity contribution in [3.05, 3.63) is 34.6 Å². The zero-order chi connectivity index (χ0) is 15.6. The molecule has 116 valence electrons. The van der Waals surface area contributed by atoms with E-state index in [9.17, 15) is 17.6 Å². The van der Waals surface area contributed by atoms with E-state index in [2.05, 4.69) is 4.72 Å². The van der Waals surface area contributed by atoms with Gasteiger partial charge in [-0.2, -0.15) is 0 Å². The van der Waals surface area contributed by atoms with Crippen molar-refractivity contribution in [2.45, 2.75) is 18.9 Å². The Bertz CT molecular complexity index is 631. The lowest BCUT2D eigenvalue weighted by Gasteiger charge is -2.33. The molecule has 0 spiro atoms. The van der Waals surface area contributed by atoms with Gasteiger partial charge >= 0.3 is 0 Å². The third-order valence-corrected chi connectivity index (χ3v) is 4.34. The van der Waals surface area contributed by atoms with Gasteiger partial charge in [0.2, 0.25) is 10.0 Å². The van der Waals surface area contributed by atoms with Crippen molar-refractivity contribution >= 4 is 27.5 Å². The predicted molar refractivity (Wildman–Crippen MR) is 78.3 cm³/mol. The molecule has 1 saturated heterocycles. The van der Waals surface area contributed by atoms with Crippen molar-refractivity contribution in [1.29, 1.82) is 0 Å². The maximum Gasteiger partial charge on any atom is 0.258 e. The van der Waals surface area contributed by atoms with E-state index in [0.717, 1.165) is 6.26 Å². The van der Waals surface area contributed by atoms with Crippen LogP contribution in [0.15, 0.2) is 18.2 Å². The molecule has 1 atom stereocenters. The molecule has 1 aromatic carbocycles. The SMILES string of the molecule is CS(=O)(=O)N[C@H]1CCCN(C(=O)c2c(F)cccc2Cl)C1. The number of carbonyl (C=O) groups excluding carboxylic acids is 1. The quantitative estimate of drug-likeness (QED) is 0.913. The fourth-order valence-corrected chi connectivity index (χ4v) is 3.46. The summed E-state index contributed by atoms with van der Waals surface area (Å²) in [5, 5.41) is 0.0539. The highest BCUT2D eigenvalue weighted by molar-refractivity contribution is 7.88. The molecular formula is C13H16ClFN2O3S. The fourth-order valence-electron chi connectivity index (χ4n) is 2.42. The highest BCUT2D eigenvalue weighted by Gasteiger charge is 2.28. The summed E-state index contributed by atoms with van der Waals surface area (Å²) in [6.07, 6.45) is 2.36. The van der Waals surface area contributed by atoms with E-state index in [1.165, 1.54) is 23.1 Å². The Morgan fingerprint density at radius 2 is 2.19 bits per heavy atom. The second kappa shape index (κ2) is 6.29. The number of nitrogens with one attached hydrogen (secondary N) is 1. The van der Waals surface area contributed by atoms with Gasteiger partial charge in [0.25, 0.3) is 5.91 Å². The molecule has 0 radical (unpaired) electrons. The van der Waals surface area contributed by atoms with Crippen LogP contribution in [-0.4, -0.2) is 44.6 Å². The minimum Gasteiger partial charge on any atom is -0.337 e. The van der Waals surface area contributed by atoms with Gasteiger partial charge in [0, 0.05) is 19.1 Å². The van der Waals surface area contributed by atoms with Crippen molar-refractivity contribution in [3.8, 4) is 0 Å². The Hall–Kier alpha value is -1.18. The lowest BCUT2D eigenvalue weighted by Crippen LogP contribution is -2.49. The maximum atomic E-state index is 13.8. The molecule has 1 amide bonds. The van der Waals surface area contributed by atoms with Gasteiger partial charge in [0.1, 0.15) is 5.82 Å². The Morgan fingerprint density at radius 3 is 2.81 bits per heavy atom. The number of carbonyl (C=O) groups is 1. The zero-order valence-electron chi connectivity index (χ0n) is 11.5. The van der Waals surface area contributed by atoms with E-state index in [1.54, 1.807) is 0 Å². The van der Waals surface area contributed by atoms with Gasteiger partial charge in [-0.15, -0.1) is 0 Å². The minimum atomic E-state index is -3.34. The van der Waals surface area contributed by atoms with E-state index in [0.29, 0.717) is 19.4 Å². The van der Waals surface area contributed by atoms with E-state index < -0.39 is 21.7 Å². The number of hydrogen-bond donors (Lipinski definition) is 1. The van der Waals surface area contributed by atoms with Crippen LogP contribution >= 0.6 is 11.6 Å². The average Bonchev–Trinajstić information content (AvgIpc) is 2.36. The van der Waals surface area contributed by atoms with Crippen molar-refractivity contribution in [2.24, 2.45) is 0 Å². The minimum absolute atomic E-state index is 0.0539. The van der Waals surface area contributed by atoms with Crippen LogP contribution in [0.1, 0.15) is 23.2 Å². The molecule has 1 aromatic rings. The van der Waals surface area contributed by atoms with E-state index in [-0.39, 0.29) is 23.2 Å². The maximum absolute atomic E-state index is 13.8. The number of hydrogen-bond acceptors (Lipinski definition) is 3. The predicted octanol–water partition coefficient (Wildman–Crippen LogP) is 1.63. The third kappa shape index (κ3) is 4.15. The molecule has 1 aliphatic rings. The first-order chi connectivity index (χ1) is 9.78. The topological polar surface area (TPSA) is 66.5 Å². The van der Waals surface area contributed by atoms with Crippen LogP contribution in [0.3, 0.4) is 0 Å². The summed E-state index contributed by atoms with van der Waals surface area (Å²) in [6.45, 7) is 0.655. The lowest BCUT2D eigenvalue weighted by molar-refractivity contribution is 0.0698. The molecule has 0 unspecified atom stereocenters. The molecule has 0 saturated carbocycles. The molecule has 1 aliphatic heterocycles. The lowest BCUT2D eigenvalue weighted by atomic mass is 10.1. The smallest absolute Gasteiger partial charge is 0.258 e. The summed E-state index contributed by atoms with van der Waals surface area (Å²) in [4.78, 5) is 13.8.